The van der Waals surface area contributed by atoms with Crippen molar-refractivity contribution in [2.24, 2.45) is 5.73 Å². The normalized spacial score (nSPS) is 12.8. The van der Waals surface area contributed by atoms with E-state index >= 15 is 0 Å². The van der Waals surface area contributed by atoms with Gasteiger partial charge in [-0.1, -0.05) is 36.7 Å². The molecule has 2 rings (SSSR count). The Bertz CT molecular complexity index is 513. The van der Waals surface area contributed by atoms with Gasteiger partial charge in [0.2, 0.25) is 0 Å². The first-order valence-corrected chi connectivity index (χ1v) is 7.33. The van der Waals surface area contributed by atoms with E-state index in [1.165, 1.54) is 0 Å². The predicted molar refractivity (Wildman–Crippen MR) is 82.7 cm³/mol. The van der Waals surface area contributed by atoms with Crippen LogP contribution >= 0.6 is 11.6 Å². The number of furan rings is 1. The zero-order valence-electron chi connectivity index (χ0n) is 11.8. The lowest BCUT2D eigenvalue weighted by molar-refractivity contribution is 0.246. The van der Waals surface area contributed by atoms with Crippen LogP contribution in [-0.4, -0.2) is 18.0 Å². The average molecular weight is 293 g/mol. The zero-order valence-corrected chi connectivity index (χ0v) is 12.5. The molecular weight excluding hydrogens is 272 g/mol. The van der Waals surface area contributed by atoms with E-state index in [2.05, 4.69) is 11.8 Å². The number of nitrogens with two attached hydrogens (primary N) is 1. The lowest BCUT2D eigenvalue weighted by Crippen LogP contribution is -2.27. The number of benzene rings is 1. The van der Waals surface area contributed by atoms with Crippen molar-refractivity contribution in [1.82, 2.24) is 4.90 Å². The summed E-state index contributed by atoms with van der Waals surface area (Å²) in [5.41, 5.74) is 7.25. The van der Waals surface area contributed by atoms with Crippen molar-refractivity contribution in [3.05, 3.63) is 59.0 Å². The van der Waals surface area contributed by atoms with E-state index in [9.17, 15) is 0 Å². The molecule has 1 aromatic carbocycles. The molecule has 2 aromatic rings. The lowest BCUT2D eigenvalue weighted by atomic mass is 10.0. The monoisotopic (exact) mass is 292 g/mol. The van der Waals surface area contributed by atoms with Crippen LogP contribution < -0.4 is 5.73 Å². The van der Waals surface area contributed by atoms with Crippen LogP contribution in [0.5, 0.6) is 0 Å². The smallest absolute Gasteiger partial charge is 0.117 e. The second-order valence-corrected chi connectivity index (χ2v) is 5.27. The Morgan fingerprint density at radius 1 is 1.25 bits per heavy atom. The highest BCUT2D eigenvalue weighted by molar-refractivity contribution is 6.31. The van der Waals surface area contributed by atoms with Crippen molar-refractivity contribution in [1.29, 1.82) is 0 Å². The zero-order chi connectivity index (χ0) is 14.4. The van der Waals surface area contributed by atoms with E-state index in [0.717, 1.165) is 42.4 Å². The molecule has 20 heavy (non-hydrogen) atoms. The molecule has 1 aromatic heterocycles. The highest BCUT2D eigenvalue weighted by Gasteiger charge is 2.12. The summed E-state index contributed by atoms with van der Waals surface area (Å²) in [7, 11) is 0. The van der Waals surface area contributed by atoms with Gasteiger partial charge in [-0.05, 0) is 36.7 Å². The van der Waals surface area contributed by atoms with Crippen LogP contribution in [0.2, 0.25) is 5.02 Å². The van der Waals surface area contributed by atoms with Gasteiger partial charge in [0.1, 0.15) is 5.76 Å². The van der Waals surface area contributed by atoms with Crippen molar-refractivity contribution >= 4 is 11.6 Å². The second kappa shape index (κ2) is 7.48. The van der Waals surface area contributed by atoms with Crippen molar-refractivity contribution in [3.63, 3.8) is 0 Å². The van der Waals surface area contributed by atoms with E-state index in [1.54, 1.807) is 6.26 Å². The Kier molecular flexibility index (Phi) is 5.65. The third-order valence-corrected chi connectivity index (χ3v) is 3.81. The number of hydrogen-bond donors (Lipinski definition) is 1. The van der Waals surface area contributed by atoms with Crippen LogP contribution in [0.4, 0.5) is 0 Å². The molecule has 0 aliphatic heterocycles. The van der Waals surface area contributed by atoms with Crippen molar-refractivity contribution in [3.8, 4) is 0 Å². The molecule has 0 aliphatic rings. The highest BCUT2D eigenvalue weighted by atomic mass is 35.5. The summed E-state index contributed by atoms with van der Waals surface area (Å²) in [5.74, 6) is 0.984. The van der Waals surface area contributed by atoms with Gasteiger partial charge in [0.05, 0.1) is 12.8 Å². The van der Waals surface area contributed by atoms with Crippen LogP contribution in [0.15, 0.2) is 47.1 Å². The van der Waals surface area contributed by atoms with Gasteiger partial charge in [-0.15, -0.1) is 0 Å². The molecule has 0 bridgehead atoms. The summed E-state index contributed by atoms with van der Waals surface area (Å²) < 4.78 is 5.38. The Hall–Kier alpha value is -1.29. The van der Waals surface area contributed by atoms with Gasteiger partial charge in [0.25, 0.3) is 0 Å². The fourth-order valence-corrected chi connectivity index (χ4v) is 2.50. The number of nitrogens with zero attached hydrogens (tertiary/aromatic N) is 1. The van der Waals surface area contributed by atoms with Crippen molar-refractivity contribution in [2.75, 3.05) is 13.1 Å². The van der Waals surface area contributed by atoms with Gasteiger partial charge < -0.3 is 10.2 Å². The van der Waals surface area contributed by atoms with E-state index in [-0.39, 0.29) is 6.04 Å². The van der Waals surface area contributed by atoms with E-state index in [1.807, 2.05) is 36.4 Å². The summed E-state index contributed by atoms with van der Waals surface area (Å²) in [5, 5.41) is 0.745. The minimum absolute atomic E-state index is 0.0330. The van der Waals surface area contributed by atoms with E-state index in [4.69, 9.17) is 21.8 Å². The molecule has 0 radical (unpaired) electrons. The predicted octanol–water partition coefficient (Wildman–Crippen LogP) is 3.85. The first kappa shape index (κ1) is 15.1. The number of halogens is 1. The fraction of sp³-hybridized carbons (Fsp3) is 0.375. The largest absolute Gasteiger partial charge is 0.468 e. The summed E-state index contributed by atoms with van der Waals surface area (Å²) in [6.07, 6.45) is 2.58. The number of hydrogen-bond acceptors (Lipinski definition) is 3. The standard InChI is InChI=1S/C16H21ClN2O/c1-2-19(12-13-6-5-11-20-13)10-9-16(18)14-7-3-4-8-15(14)17/h3-8,11,16H,2,9-10,12,18H2,1H3. The molecule has 0 amide bonds. The maximum absolute atomic E-state index is 6.24. The Morgan fingerprint density at radius 2 is 2.05 bits per heavy atom. The molecule has 1 heterocycles. The van der Waals surface area contributed by atoms with Crippen molar-refractivity contribution < 1.29 is 4.42 Å². The molecule has 1 unspecified atom stereocenters. The summed E-state index contributed by atoms with van der Waals surface area (Å²) >= 11 is 6.17. The summed E-state index contributed by atoms with van der Waals surface area (Å²) in [6, 6.07) is 11.7. The first-order valence-electron chi connectivity index (χ1n) is 6.95. The van der Waals surface area contributed by atoms with E-state index in [0.29, 0.717) is 0 Å². The minimum atomic E-state index is -0.0330. The minimum Gasteiger partial charge on any atom is -0.468 e. The quantitative estimate of drug-likeness (QED) is 0.843. The summed E-state index contributed by atoms with van der Waals surface area (Å²) in [4.78, 5) is 2.32. The van der Waals surface area contributed by atoms with Gasteiger partial charge in [-0.25, -0.2) is 0 Å². The molecule has 0 saturated carbocycles. The van der Waals surface area contributed by atoms with Gasteiger partial charge in [-0.2, -0.15) is 0 Å². The van der Waals surface area contributed by atoms with Gasteiger partial charge >= 0.3 is 0 Å². The highest BCUT2D eigenvalue weighted by Crippen LogP contribution is 2.23. The molecule has 4 heteroatoms. The molecule has 108 valence electrons. The SMILES string of the molecule is CCN(CCC(N)c1ccccc1Cl)Cc1ccco1. The first-order chi connectivity index (χ1) is 9.70. The topological polar surface area (TPSA) is 42.4 Å². The third kappa shape index (κ3) is 4.10. The van der Waals surface area contributed by atoms with Gasteiger partial charge in [-0.3, -0.25) is 4.90 Å². The Balaban J connectivity index is 1.88. The van der Waals surface area contributed by atoms with Crippen LogP contribution in [0.1, 0.15) is 30.7 Å². The van der Waals surface area contributed by atoms with Crippen LogP contribution in [-0.2, 0) is 6.54 Å². The molecule has 2 N–H and O–H groups in total. The maximum Gasteiger partial charge on any atom is 0.117 e. The third-order valence-electron chi connectivity index (χ3n) is 3.47. The fourth-order valence-electron chi connectivity index (χ4n) is 2.22. The lowest BCUT2D eigenvalue weighted by Gasteiger charge is -2.22. The molecular formula is C16H21ClN2O. The Morgan fingerprint density at radius 3 is 2.70 bits per heavy atom. The Labute approximate surface area is 125 Å². The average Bonchev–Trinajstić information content (AvgIpc) is 2.96. The van der Waals surface area contributed by atoms with Gasteiger partial charge in [0, 0.05) is 17.6 Å². The van der Waals surface area contributed by atoms with Gasteiger partial charge in [0.15, 0.2) is 0 Å². The second-order valence-electron chi connectivity index (χ2n) is 4.86. The molecule has 0 saturated heterocycles. The maximum atomic E-state index is 6.24. The molecule has 0 fully saturated rings. The van der Waals surface area contributed by atoms with Crippen LogP contribution in [0.3, 0.4) is 0 Å². The van der Waals surface area contributed by atoms with Crippen LogP contribution in [0, 0.1) is 0 Å². The molecule has 3 nitrogen and oxygen atoms in total. The number of rotatable bonds is 7. The molecule has 0 spiro atoms. The van der Waals surface area contributed by atoms with Crippen molar-refractivity contribution in [2.45, 2.75) is 25.9 Å². The summed E-state index contributed by atoms with van der Waals surface area (Å²) in [6.45, 7) is 4.85. The van der Waals surface area contributed by atoms with Crippen LogP contribution in [0.25, 0.3) is 0 Å². The molecule has 1 atom stereocenters. The van der Waals surface area contributed by atoms with E-state index < -0.39 is 0 Å². The molecule has 0 aliphatic carbocycles.